The molecule has 10 heteroatoms. The number of benzene rings is 2. The van der Waals surface area contributed by atoms with Gasteiger partial charge in [-0.3, -0.25) is 4.79 Å². The molecule has 4 aromatic rings. The van der Waals surface area contributed by atoms with Gasteiger partial charge in [-0.2, -0.15) is 18.3 Å². The Morgan fingerprint density at radius 1 is 1.16 bits per heavy atom. The van der Waals surface area contributed by atoms with Crippen LogP contribution < -0.4 is 0 Å². The average molecular weight is 460 g/mol. The third-order valence-electron chi connectivity index (χ3n) is 4.80. The summed E-state index contributed by atoms with van der Waals surface area (Å²) in [6.07, 6.45) is -1.36. The van der Waals surface area contributed by atoms with Crippen LogP contribution in [0.3, 0.4) is 0 Å². The van der Waals surface area contributed by atoms with Crippen molar-refractivity contribution in [1.82, 2.24) is 24.6 Å². The van der Waals surface area contributed by atoms with Gasteiger partial charge in [-0.15, -0.1) is 0 Å². The molecule has 2 heterocycles. The predicted octanol–water partition coefficient (Wildman–Crippen LogP) is 5.21. The van der Waals surface area contributed by atoms with Gasteiger partial charge < -0.3 is 9.88 Å². The zero-order chi connectivity index (χ0) is 22.9. The second kappa shape index (κ2) is 8.51. The molecule has 0 atom stereocenters. The summed E-state index contributed by atoms with van der Waals surface area (Å²) in [5.41, 5.74) is 0.331. The summed E-state index contributed by atoms with van der Waals surface area (Å²) in [5.74, 6) is 0.393. The first-order valence-corrected chi connectivity index (χ1v) is 9.88. The van der Waals surface area contributed by atoms with Crippen LogP contribution in [0.5, 0.6) is 0 Å². The van der Waals surface area contributed by atoms with Gasteiger partial charge in [0.1, 0.15) is 5.82 Å². The van der Waals surface area contributed by atoms with Crippen LogP contribution in [0.4, 0.5) is 13.2 Å². The minimum absolute atomic E-state index is 0.202. The molecular weight excluding hydrogens is 443 g/mol. The number of nitrogens with one attached hydrogen (secondary N) is 1. The molecule has 0 spiro atoms. The first-order valence-electron chi connectivity index (χ1n) is 9.50. The van der Waals surface area contributed by atoms with Crippen molar-refractivity contribution in [3.8, 4) is 16.9 Å². The molecule has 0 saturated heterocycles. The summed E-state index contributed by atoms with van der Waals surface area (Å²) in [6, 6.07) is 13.8. The Hall–Kier alpha value is -3.59. The highest BCUT2D eigenvalue weighted by atomic mass is 35.5. The SMILES string of the molecule is CN(Cc1ncc[nH]1)C(=O)c1ccc(-c2cc(C(F)(F)F)nn2-c2ccccc2Cl)cc1. The number of hydrogen-bond acceptors (Lipinski definition) is 3. The van der Waals surface area contributed by atoms with Gasteiger partial charge in [0.15, 0.2) is 5.69 Å². The van der Waals surface area contributed by atoms with Gasteiger partial charge >= 0.3 is 6.18 Å². The van der Waals surface area contributed by atoms with Gasteiger partial charge in [0.2, 0.25) is 0 Å². The largest absolute Gasteiger partial charge is 0.435 e. The van der Waals surface area contributed by atoms with Gasteiger partial charge in [0.05, 0.1) is 22.9 Å². The van der Waals surface area contributed by atoms with Crippen LogP contribution in [0.25, 0.3) is 16.9 Å². The molecule has 1 N–H and O–H groups in total. The van der Waals surface area contributed by atoms with E-state index in [1.807, 2.05) is 0 Å². The van der Waals surface area contributed by atoms with Crippen LogP contribution >= 0.6 is 11.6 Å². The summed E-state index contributed by atoms with van der Waals surface area (Å²) in [5, 5.41) is 4.00. The van der Waals surface area contributed by atoms with Crippen molar-refractivity contribution in [2.75, 3.05) is 7.05 Å². The van der Waals surface area contributed by atoms with Crippen molar-refractivity contribution in [2.24, 2.45) is 0 Å². The Morgan fingerprint density at radius 2 is 1.88 bits per heavy atom. The highest BCUT2D eigenvalue weighted by Crippen LogP contribution is 2.34. The number of nitrogens with zero attached hydrogens (tertiary/aromatic N) is 4. The number of H-pyrrole nitrogens is 1. The number of hydrogen-bond donors (Lipinski definition) is 1. The van der Waals surface area contributed by atoms with E-state index in [1.165, 1.54) is 4.90 Å². The molecule has 0 aliphatic carbocycles. The zero-order valence-corrected chi connectivity index (χ0v) is 17.5. The van der Waals surface area contributed by atoms with Crippen molar-refractivity contribution in [3.63, 3.8) is 0 Å². The molecule has 4 rings (SSSR count). The van der Waals surface area contributed by atoms with Gasteiger partial charge in [-0.25, -0.2) is 9.67 Å². The second-order valence-corrected chi connectivity index (χ2v) is 7.46. The average Bonchev–Trinajstić information content (AvgIpc) is 3.43. The molecule has 2 aromatic heterocycles. The third-order valence-corrected chi connectivity index (χ3v) is 5.12. The van der Waals surface area contributed by atoms with E-state index < -0.39 is 11.9 Å². The topological polar surface area (TPSA) is 66.8 Å². The Balaban J connectivity index is 1.67. The van der Waals surface area contributed by atoms with Crippen molar-refractivity contribution in [2.45, 2.75) is 12.7 Å². The van der Waals surface area contributed by atoms with Crippen molar-refractivity contribution < 1.29 is 18.0 Å². The number of aromatic amines is 1. The van der Waals surface area contributed by atoms with E-state index in [2.05, 4.69) is 15.1 Å². The Bertz CT molecular complexity index is 1230. The predicted molar refractivity (Wildman–Crippen MR) is 113 cm³/mol. The van der Waals surface area contributed by atoms with E-state index in [9.17, 15) is 18.0 Å². The number of halogens is 4. The second-order valence-electron chi connectivity index (χ2n) is 7.05. The summed E-state index contributed by atoms with van der Waals surface area (Å²) in [6.45, 7) is 0.293. The molecule has 32 heavy (non-hydrogen) atoms. The molecule has 164 valence electrons. The number of carbonyl (C=O) groups is 1. The molecular formula is C22H17ClF3N5O. The third kappa shape index (κ3) is 4.38. The van der Waals surface area contributed by atoms with Crippen LogP contribution in [0.1, 0.15) is 21.9 Å². The summed E-state index contributed by atoms with van der Waals surface area (Å²) in [4.78, 5) is 21.2. The minimum Gasteiger partial charge on any atom is -0.347 e. The number of para-hydroxylation sites is 1. The van der Waals surface area contributed by atoms with Crippen LogP contribution in [-0.4, -0.2) is 37.6 Å². The summed E-state index contributed by atoms with van der Waals surface area (Å²) in [7, 11) is 1.64. The molecule has 0 aliphatic heterocycles. The number of imidazole rings is 1. The van der Waals surface area contributed by atoms with E-state index in [0.29, 0.717) is 29.2 Å². The number of rotatable bonds is 5. The van der Waals surface area contributed by atoms with E-state index in [0.717, 1.165) is 10.7 Å². The van der Waals surface area contributed by atoms with E-state index >= 15 is 0 Å². The summed E-state index contributed by atoms with van der Waals surface area (Å²) >= 11 is 6.20. The maximum atomic E-state index is 13.4. The van der Waals surface area contributed by atoms with E-state index in [4.69, 9.17) is 11.6 Å². The summed E-state index contributed by atoms with van der Waals surface area (Å²) < 4.78 is 41.2. The highest BCUT2D eigenvalue weighted by Gasteiger charge is 2.35. The van der Waals surface area contributed by atoms with Crippen molar-refractivity contribution >= 4 is 17.5 Å². The zero-order valence-electron chi connectivity index (χ0n) is 16.8. The molecule has 6 nitrogen and oxygen atoms in total. The number of amides is 1. The van der Waals surface area contributed by atoms with Crippen LogP contribution in [-0.2, 0) is 12.7 Å². The quantitative estimate of drug-likeness (QED) is 0.445. The highest BCUT2D eigenvalue weighted by molar-refractivity contribution is 6.32. The molecule has 1 amide bonds. The monoisotopic (exact) mass is 459 g/mol. The smallest absolute Gasteiger partial charge is 0.347 e. The maximum absolute atomic E-state index is 13.4. The number of carbonyl (C=O) groups excluding carboxylic acids is 1. The lowest BCUT2D eigenvalue weighted by Gasteiger charge is -2.16. The lowest BCUT2D eigenvalue weighted by atomic mass is 10.1. The van der Waals surface area contributed by atoms with Crippen molar-refractivity contribution in [1.29, 1.82) is 0 Å². The Morgan fingerprint density at radius 3 is 2.50 bits per heavy atom. The van der Waals surface area contributed by atoms with E-state index in [1.54, 1.807) is 68.0 Å². The molecule has 0 fully saturated rings. The van der Waals surface area contributed by atoms with Gasteiger partial charge in [-0.1, -0.05) is 35.9 Å². The van der Waals surface area contributed by atoms with Gasteiger partial charge in [0, 0.05) is 30.6 Å². The fourth-order valence-electron chi connectivity index (χ4n) is 3.22. The standard InChI is InChI=1S/C22H17ClF3N5O/c1-30(13-20-27-10-11-28-20)21(32)15-8-6-14(7-9-15)18-12-19(22(24,25)26)29-31(18)17-5-3-2-4-16(17)23/h2-12H,13H2,1H3,(H,27,28). The Labute approximate surface area is 186 Å². The number of aromatic nitrogens is 4. The van der Waals surface area contributed by atoms with E-state index in [-0.39, 0.29) is 16.6 Å². The fourth-order valence-corrected chi connectivity index (χ4v) is 3.43. The van der Waals surface area contributed by atoms with Crippen LogP contribution in [0.15, 0.2) is 67.0 Å². The first-order chi connectivity index (χ1) is 15.2. The molecule has 0 radical (unpaired) electrons. The lowest BCUT2D eigenvalue weighted by Crippen LogP contribution is -2.26. The normalized spacial score (nSPS) is 11.5. The minimum atomic E-state index is -4.62. The van der Waals surface area contributed by atoms with Gasteiger partial charge in [-0.05, 0) is 30.3 Å². The number of alkyl halides is 3. The maximum Gasteiger partial charge on any atom is 0.435 e. The molecule has 0 aliphatic rings. The molecule has 0 bridgehead atoms. The van der Waals surface area contributed by atoms with Crippen molar-refractivity contribution in [3.05, 3.63) is 89.1 Å². The Kier molecular flexibility index (Phi) is 5.75. The van der Waals surface area contributed by atoms with Crippen LogP contribution in [0, 0.1) is 0 Å². The first kappa shape index (κ1) is 21.6. The lowest BCUT2D eigenvalue weighted by molar-refractivity contribution is -0.141. The molecule has 0 unspecified atom stereocenters. The van der Waals surface area contributed by atoms with Gasteiger partial charge in [0.25, 0.3) is 5.91 Å². The molecule has 2 aromatic carbocycles. The molecule has 0 saturated carbocycles. The fraction of sp³-hybridized carbons (Fsp3) is 0.136. The van der Waals surface area contributed by atoms with Crippen LogP contribution in [0.2, 0.25) is 5.02 Å².